The number of ether oxygens (including phenoxy) is 2. The maximum absolute atomic E-state index is 14.2. The zero-order valence-corrected chi connectivity index (χ0v) is 12.4. The number of halogens is 3. The lowest BCUT2D eigenvalue weighted by Crippen LogP contribution is -2.14. The zero-order valence-electron chi connectivity index (χ0n) is 10.7. The average molecular weight is 311 g/mol. The van der Waals surface area contributed by atoms with E-state index in [2.05, 4.69) is 4.99 Å². The Bertz CT molecular complexity index is 481. The van der Waals surface area contributed by atoms with Crippen LogP contribution in [0.5, 0.6) is 11.5 Å². The molecule has 2 N–H and O–H groups in total. The summed E-state index contributed by atoms with van der Waals surface area (Å²) in [6.45, 7) is 4.84. The van der Waals surface area contributed by atoms with Crippen LogP contribution in [0.3, 0.4) is 0 Å². The highest BCUT2D eigenvalue weighted by atomic mass is 35.5. The fourth-order valence-electron chi connectivity index (χ4n) is 1.85. The Labute approximate surface area is 124 Å². The summed E-state index contributed by atoms with van der Waals surface area (Å²) < 4.78 is 24.9. The van der Waals surface area contributed by atoms with Gasteiger partial charge in [-0.05, 0) is 25.5 Å². The molecule has 0 aromatic heterocycles. The van der Waals surface area contributed by atoms with Gasteiger partial charge in [-0.25, -0.2) is 4.39 Å². The van der Waals surface area contributed by atoms with Crippen molar-refractivity contribution in [3.63, 3.8) is 0 Å². The van der Waals surface area contributed by atoms with E-state index < -0.39 is 5.82 Å². The molecule has 0 fully saturated rings. The van der Waals surface area contributed by atoms with Crippen LogP contribution in [0, 0.1) is 5.82 Å². The van der Waals surface area contributed by atoms with Gasteiger partial charge in [0.1, 0.15) is 5.84 Å². The number of hydrogen-bond donors (Lipinski definition) is 1. The molecule has 0 amide bonds. The highest BCUT2D eigenvalue weighted by molar-refractivity contribution is 6.01. The predicted octanol–water partition coefficient (Wildman–Crippen LogP) is 2.69. The minimum absolute atomic E-state index is 0. The largest absolute Gasteiger partial charge is 0.490 e. The minimum Gasteiger partial charge on any atom is -0.490 e. The van der Waals surface area contributed by atoms with Crippen LogP contribution < -0.4 is 15.2 Å². The van der Waals surface area contributed by atoms with Crippen molar-refractivity contribution in [1.29, 1.82) is 0 Å². The Morgan fingerprint density at radius 2 is 1.89 bits per heavy atom. The van der Waals surface area contributed by atoms with E-state index in [0.717, 1.165) is 5.56 Å². The molecule has 7 heteroatoms. The van der Waals surface area contributed by atoms with Crippen LogP contribution in [0.15, 0.2) is 11.1 Å². The fourth-order valence-corrected chi connectivity index (χ4v) is 1.85. The number of fused-ring (bicyclic) bond motifs is 1. The second kappa shape index (κ2) is 7.40. The lowest BCUT2D eigenvalue weighted by Gasteiger charge is -2.14. The van der Waals surface area contributed by atoms with Gasteiger partial charge in [-0.1, -0.05) is 0 Å². The number of nitrogens with zero attached hydrogens (tertiary/aromatic N) is 1. The van der Waals surface area contributed by atoms with Crippen molar-refractivity contribution in [2.45, 2.75) is 20.4 Å². The average Bonchev–Trinajstić information content (AvgIpc) is 2.66. The van der Waals surface area contributed by atoms with E-state index in [9.17, 15) is 4.39 Å². The summed E-state index contributed by atoms with van der Waals surface area (Å²) in [7, 11) is 0. The van der Waals surface area contributed by atoms with E-state index in [0.29, 0.717) is 31.1 Å². The monoisotopic (exact) mass is 310 g/mol. The maximum atomic E-state index is 14.2. The molecular weight excluding hydrogens is 294 g/mol. The van der Waals surface area contributed by atoms with Gasteiger partial charge in [0.2, 0.25) is 0 Å². The van der Waals surface area contributed by atoms with Gasteiger partial charge in [0.15, 0.2) is 17.3 Å². The first kappa shape index (κ1) is 17.8. The first-order valence-electron chi connectivity index (χ1n) is 5.60. The van der Waals surface area contributed by atoms with Gasteiger partial charge in [0.25, 0.3) is 0 Å². The lowest BCUT2D eigenvalue weighted by atomic mass is 10.1. The van der Waals surface area contributed by atoms with Crippen LogP contribution in [0.1, 0.15) is 25.0 Å². The Morgan fingerprint density at radius 3 is 2.47 bits per heavy atom. The molecule has 19 heavy (non-hydrogen) atoms. The topological polar surface area (TPSA) is 56.8 Å². The molecule has 0 saturated carbocycles. The molecule has 0 aliphatic carbocycles. The van der Waals surface area contributed by atoms with E-state index in [-0.39, 0.29) is 36.4 Å². The van der Waals surface area contributed by atoms with Gasteiger partial charge in [-0.15, -0.1) is 24.8 Å². The first-order valence-corrected chi connectivity index (χ1v) is 5.60. The summed E-state index contributed by atoms with van der Waals surface area (Å²) >= 11 is 0. The number of aliphatic imine (C=N–C) groups is 1. The Kier molecular flexibility index (Phi) is 6.94. The molecule has 1 aromatic rings. The van der Waals surface area contributed by atoms with Crippen molar-refractivity contribution < 1.29 is 13.9 Å². The van der Waals surface area contributed by atoms with Gasteiger partial charge >= 0.3 is 0 Å². The summed E-state index contributed by atoms with van der Waals surface area (Å²) in [4.78, 5) is 4.01. The van der Waals surface area contributed by atoms with Crippen molar-refractivity contribution in [3.05, 3.63) is 23.0 Å². The summed E-state index contributed by atoms with van der Waals surface area (Å²) in [5.41, 5.74) is 6.74. The van der Waals surface area contributed by atoms with E-state index in [1.807, 2.05) is 6.92 Å². The number of benzene rings is 1. The van der Waals surface area contributed by atoms with Crippen LogP contribution in [0.4, 0.5) is 4.39 Å². The summed E-state index contributed by atoms with van der Waals surface area (Å²) in [5.74, 6) is 0.275. The first-order chi connectivity index (χ1) is 8.19. The molecule has 1 heterocycles. The predicted molar refractivity (Wildman–Crippen MR) is 77.7 cm³/mol. The Morgan fingerprint density at radius 1 is 1.26 bits per heavy atom. The maximum Gasteiger partial charge on any atom is 0.197 e. The molecular formula is C12H17Cl2FN2O2. The van der Waals surface area contributed by atoms with Gasteiger partial charge in [-0.3, -0.25) is 4.99 Å². The highest BCUT2D eigenvalue weighted by Crippen LogP contribution is 2.37. The van der Waals surface area contributed by atoms with Crippen molar-refractivity contribution in [2.24, 2.45) is 10.7 Å². The summed E-state index contributed by atoms with van der Waals surface area (Å²) in [6, 6.07) is 1.75. The zero-order chi connectivity index (χ0) is 12.4. The normalized spacial score (nSPS) is 11.8. The lowest BCUT2D eigenvalue weighted by molar-refractivity contribution is 0.275. The minimum atomic E-state index is -0.480. The fraction of sp³-hybridized carbons (Fsp3) is 0.417. The molecule has 108 valence electrons. The third kappa shape index (κ3) is 3.22. The molecule has 0 unspecified atom stereocenters. The molecule has 0 spiro atoms. The van der Waals surface area contributed by atoms with Crippen molar-refractivity contribution >= 4 is 30.6 Å². The third-order valence-electron chi connectivity index (χ3n) is 2.53. The Balaban J connectivity index is 0.00000162. The number of hydrogen-bond acceptors (Lipinski definition) is 4. The second-order valence-electron chi connectivity index (χ2n) is 3.62. The van der Waals surface area contributed by atoms with Gasteiger partial charge in [0, 0.05) is 0 Å². The number of rotatable bonds is 4. The van der Waals surface area contributed by atoms with Crippen LogP contribution in [0.2, 0.25) is 0 Å². The quantitative estimate of drug-likeness (QED) is 0.930. The van der Waals surface area contributed by atoms with E-state index in [1.165, 1.54) is 0 Å². The highest BCUT2D eigenvalue weighted by Gasteiger charge is 2.25. The van der Waals surface area contributed by atoms with E-state index >= 15 is 0 Å². The molecule has 1 aromatic carbocycles. The molecule has 1 aliphatic heterocycles. The number of amidine groups is 1. The van der Waals surface area contributed by atoms with Gasteiger partial charge < -0.3 is 15.2 Å². The van der Waals surface area contributed by atoms with Crippen LogP contribution in [-0.4, -0.2) is 19.0 Å². The number of nitrogens with two attached hydrogens (primary N) is 1. The standard InChI is InChI=1S/C12H15FN2O2.2ClH/c1-3-16-8-5-7-6-15-12(14)9(7)10(13)11(8)17-4-2;;/h5H,3-4,6H2,1-2H3,(H2,14,15);2*1H. The second-order valence-corrected chi connectivity index (χ2v) is 3.62. The molecule has 0 bridgehead atoms. The van der Waals surface area contributed by atoms with Crippen molar-refractivity contribution in [2.75, 3.05) is 13.2 Å². The van der Waals surface area contributed by atoms with Crippen LogP contribution in [0.25, 0.3) is 0 Å². The molecule has 0 radical (unpaired) electrons. The molecule has 1 aliphatic rings. The molecule has 2 rings (SSSR count). The summed E-state index contributed by atoms with van der Waals surface area (Å²) in [6.07, 6.45) is 0. The van der Waals surface area contributed by atoms with Crippen molar-refractivity contribution in [1.82, 2.24) is 0 Å². The van der Waals surface area contributed by atoms with Crippen LogP contribution >= 0.6 is 24.8 Å². The van der Waals surface area contributed by atoms with E-state index in [4.69, 9.17) is 15.2 Å². The smallest absolute Gasteiger partial charge is 0.197 e. The van der Waals surface area contributed by atoms with Gasteiger partial charge in [-0.2, -0.15) is 0 Å². The van der Waals surface area contributed by atoms with Crippen LogP contribution in [-0.2, 0) is 6.54 Å². The molecule has 0 saturated heterocycles. The Hall–Kier alpha value is -1.20. The summed E-state index contributed by atoms with van der Waals surface area (Å²) in [5, 5.41) is 0. The van der Waals surface area contributed by atoms with E-state index in [1.54, 1.807) is 13.0 Å². The molecule has 0 atom stereocenters. The SMILES string of the molecule is CCOc1cc2c(c(F)c1OCC)C(N)=NC2.Cl.Cl. The third-order valence-corrected chi connectivity index (χ3v) is 2.53. The van der Waals surface area contributed by atoms with Crippen molar-refractivity contribution in [3.8, 4) is 11.5 Å². The van der Waals surface area contributed by atoms with Gasteiger partial charge in [0.05, 0.1) is 25.3 Å². The molecule has 4 nitrogen and oxygen atoms in total.